The average Bonchev–Trinajstić information content (AvgIpc) is 3.28. The van der Waals surface area contributed by atoms with Crippen LogP contribution in [0.15, 0.2) is 85.3 Å². The van der Waals surface area contributed by atoms with Gasteiger partial charge in [0.25, 0.3) is 0 Å². The minimum absolute atomic E-state index is 0.694. The molecule has 5 heteroatoms. The molecule has 0 fully saturated rings. The Kier molecular flexibility index (Phi) is 5.52. The van der Waals surface area contributed by atoms with Gasteiger partial charge in [-0.1, -0.05) is 42.2 Å². The zero-order valence-electron chi connectivity index (χ0n) is 17.8. The molecule has 0 amide bonds. The van der Waals surface area contributed by atoms with E-state index < -0.39 is 0 Å². The van der Waals surface area contributed by atoms with Gasteiger partial charge in [-0.15, -0.1) is 0 Å². The summed E-state index contributed by atoms with van der Waals surface area (Å²) >= 11 is 0. The zero-order chi connectivity index (χ0) is 21.8. The molecule has 0 spiro atoms. The summed E-state index contributed by atoms with van der Waals surface area (Å²) < 4.78 is 0. The lowest BCUT2D eigenvalue weighted by molar-refractivity contribution is 0.369. The van der Waals surface area contributed by atoms with E-state index in [2.05, 4.69) is 92.6 Å². The summed E-state index contributed by atoms with van der Waals surface area (Å²) in [4.78, 5) is 14.3. The lowest BCUT2D eigenvalue weighted by Crippen LogP contribution is -2.17. The van der Waals surface area contributed by atoms with E-state index >= 15 is 0 Å². The van der Waals surface area contributed by atoms with Gasteiger partial charge in [0.15, 0.2) is 0 Å². The van der Waals surface area contributed by atoms with E-state index in [-0.39, 0.29) is 0 Å². The highest BCUT2D eigenvalue weighted by Gasteiger charge is 2.06. The first-order valence-electron chi connectivity index (χ1n) is 10.5. The highest BCUT2D eigenvalue weighted by molar-refractivity contribution is 5.92. The second-order valence-electron chi connectivity index (χ2n) is 7.82. The van der Waals surface area contributed by atoms with Crippen molar-refractivity contribution < 1.29 is 0 Å². The van der Waals surface area contributed by atoms with Crippen molar-refractivity contribution in [2.45, 2.75) is 6.54 Å². The van der Waals surface area contributed by atoms with Crippen molar-refractivity contribution >= 4 is 33.3 Å². The Morgan fingerprint density at radius 2 is 1.88 bits per heavy atom. The standard InChI is InChI=1S/C27H23N5/c1-32(18-21-6-3-2-4-7-21)15-5-8-20-9-11-26-24(16-20)27(30-19-29-26)31-23-10-12-25-22(17-23)13-14-28-25/h2-4,6-7,9-14,16-17,19,28H,15,18H2,1H3,(H,29,30,31). The lowest BCUT2D eigenvalue weighted by Gasteiger charge is -2.12. The van der Waals surface area contributed by atoms with Crippen LogP contribution in [0.1, 0.15) is 11.1 Å². The predicted octanol–water partition coefficient (Wildman–Crippen LogP) is 5.34. The highest BCUT2D eigenvalue weighted by atomic mass is 15.1. The molecule has 5 nitrogen and oxygen atoms in total. The van der Waals surface area contributed by atoms with Gasteiger partial charge in [0.05, 0.1) is 12.1 Å². The average molecular weight is 418 g/mol. The molecule has 0 atom stereocenters. The number of nitrogens with one attached hydrogen (secondary N) is 2. The van der Waals surface area contributed by atoms with Gasteiger partial charge >= 0.3 is 0 Å². The van der Waals surface area contributed by atoms with Crippen LogP contribution in [0.25, 0.3) is 21.8 Å². The van der Waals surface area contributed by atoms with Gasteiger partial charge in [0.1, 0.15) is 12.1 Å². The molecule has 156 valence electrons. The van der Waals surface area contributed by atoms with Crippen LogP contribution >= 0.6 is 0 Å². The smallest absolute Gasteiger partial charge is 0.141 e. The van der Waals surface area contributed by atoms with Gasteiger partial charge in [-0.3, -0.25) is 4.90 Å². The Hall–Kier alpha value is -4.14. The van der Waals surface area contributed by atoms with E-state index in [9.17, 15) is 0 Å². The summed E-state index contributed by atoms with van der Waals surface area (Å²) in [6.45, 7) is 1.57. The second-order valence-corrected chi connectivity index (χ2v) is 7.82. The monoisotopic (exact) mass is 417 g/mol. The Bertz CT molecular complexity index is 1430. The zero-order valence-corrected chi connectivity index (χ0v) is 17.8. The van der Waals surface area contributed by atoms with E-state index in [1.54, 1.807) is 6.33 Å². The number of H-pyrrole nitrogens is 1. The van der Waals surface area contributed by atoms with Gasteiger partial charge in [-0.2, -0.15) is 0 Å². The molecular weight excluding hydrogens is 394 g/mol. The number of hydrogen-bond donors (Lipinski definition) is 2. The van der Waals surface area contributed by atoms with Crippen LogP contribution in [0.3, 0.4) is 0 Å². The molecule has 0 aliphatic heterocycles. The summed E-state index contributed by atoms with van der Waals surface area (Å²) in [6, 6.07) is 24.7. The number of nitrogens with zero attached hydrogens (tertiary/aromatic N) is 3. The van der Waals surface area contributed by atoms with Crippen LogP contribution in [0.5, 0.6) is 0 Å². The van der Waals surface area contributed by atoms with Crippen LogP contribution in [-0.4, -0.2) is 33.4 Å². The first kappa shape index (κ1) is 19.8. The van der Waals surface area contributed by atoms with Crippen LogP contribution in [0.4, 0.5) is 11.5 Å². The molecule has 2 N–H and O–H groups in total. The molecule has 5 aromatic rings. The fraction of sp³-hybridized carbons (Fsp3) is 0.111. The molecule has 0 saturated carbocycles. The van der Waals surface area contributed by atoms with Crippen molar-refractivity contribution in [3.8, 4) is 11.8 Å². The predicted molar refractivity (Wildman–Crippen MR) is 131 cm³/mol. The fourth-order valence-electron chi connectivity index (χ4n) is 3.73. The lowest BCUT2D eigenvalue weighted by atomic mass is 10.1. The third-order valence-electron chi connectivity index (χ3n) is 5.33. The molecule has 0 aliphatic carbocycles. The molecule has 0 saturated heterocycles. The van der Waals surface area contributed by atoms with E-state index in [0.29, 0.717) is 6.54 Å². The summed E-state index contributed by atoms with van der Waals surface area (Å²) in [6.07, 6.45) is 3.53. The molecule has 0 unspecified atom stereocenters. The first-order valence-corrected chi connectivity index (χ1v) is 10.5. The second kappa shape index (κ2) is 8.93. The number of rotatable bonds is 5. The third-order valence-corrected chi connectivity index (χ3v) is 5.33. The summed E-state index contributed by atoms with van der Waals surface area (Å²) in [7, 11) is 2.08. The summed E-state index contributed by atoms with van der Waals surface area (Å²) in [5, 5.41) is 5.54. The summed E-state index contributed by atoms with van der Waals surface area (Å²) in [5.74, 6) is 7.34. The van der Waals surface area contributed by atoms with E-state index in [0.717, 1.165) is 45.4 Å². The number of hydrogen-bond acceptors (Lipinski definition) is 4. The number of anilines is 2. The number of benzene rings is 3. The van der Waals surface area contributed by atoms with Crippen LogP contribution in [0, 0.1) is 11.8 Å². The summed E-state index contributed by atoms with van der Waals surface area (Å²) in [5.41, 5.74) is 5.21. The molecular formula is C27H23N5. The Balaban J connectivity index is 1.35. The van der Waals surface area contributed by atoms with E-state index in [1.165, 1.54) is 5.56 Å². The maximum Gasteiger partial charge on any atom is 0.141 e. The van der Waals surface area contributed by atoms with Crippen molar-refractivity contribution in [1.82, 2.24) is 19.9 Å². The number of aromatic amines is 1. The van der Waals surface area contributed by atoms with Crippen molar-refractivity contribution in [3.63, 3.8) is 0 Å². The Morgan fingerprint density at radius 1 is 0.969 bits per heavy atom. The normalized spacial score (nSPS) is 10.9. The van der Waals surface area contributed by atoms with Crippen molar-refractivity contribution in [2.75, 3.05) is 18.9 Å². The van der Waals surface area contributed by atoms with Gasteiger partial charge in [-0.05, 0) is 55.1 Å². The fourth-order valence-corrected chi connectivity index (χ4v) is 3.73. The number of aromatic nitrogens is 3. The topological polar surface area (TPSA) is 56.8 Å². The van der Waals surface area contributed by atoms with Crippen molar-refractivity contribution in [3.05, 3.63) is 96.4 Å². The molecule has 5 rings (SSSR count). The number of fused-ring (bicyclic) bond motifs is 2. The minimum Gasteiger partial charge on any atom is -0.361 e. The highest BCUT2D eigenvalue weighted by Crippen LogP contribution is 2.26. The van der Waals surface area contributed by atoms with Crippen LogP contribution in [-0.2, 0) is 6.54 Å². The molecule has 0 bridgehead atoms. The largest absolute Gasteiger partial charge is 0.361 e. The van der Waals surface area contributed by atoms with E-state index in [4.69, 9.17) is 0 Å². The third kappa shape index (κ3) is 4.46. The SMILES string of the molecule is CN(CC#Cc1ccc2ncnc(Nc3ccc4[nH]ccc4c3)c2c1)Cc1ccccc1. The van der Waals surface area contributed by atoms with Crippen molar-refractivity contribution in [2.24, 2.45) is 0 Å². The Morgan fingerprint density at radius 3 is 2.78 bits per heavy atom. The first-order chi connectivity index (χ1) is 15.7. The molecule has 0 radical (unpaired) electrons. The maximum absolute atomic E-state index is 4.48. The van der Waals surface area contributed by atoms with Gasteiger partial charge in [-0.25, -0.2) is 9.97 Å². The Labute approximate surface area is 187 Å². The molecule has 0 aliphatic rings. The molecule has 32 heavy (non-hydrogen) atoms. The van der Waals surface area contributed by atoms with Crippen LogP contribution < -0.4 is 5.32 Å². The van der Waals surface area contributed by atoms with Crippen molar-refractivity contribution in [1.29, 1.82) is 0 Å². The van der Waals surface area contributed by atoms with Gasteiger partial charge in [0.2, 0.25) is 0 Å². The van der Waals surface area contributed by atoms with Gasteiger partial charge < -0.3 is 10.3 Å². The maximum atomic E-state index is 4.48. The molecule has 3 aromatic carbocycles. The van der Waals surface area contributed by atoms with Gasteiger partial charge in [0, 0.05) is 40.3 Å². The van der Waals surface area contributed by atoms with E-state index in [1.807, 2.05) is 30.5 Å². The molecule has 2 heterocycles. The quantitative estimate of drug-likeness (QED) is 0.379. The van der Waals surface area contributed by atoms with Crippen LogP contribution in [0.2, 0.25) is 0 Å². The minimum atomic E-state index is 0.694. The molecule has 2 aromatic heterocycles.